The first-order chi connectivity index (χ1) is 13.7. The van der Waals surface area contributed by atoms with E-state index >= 15 is 0 Å². The maximum Gasteiger partial charge on any atom is 0.180 e. The molecule has 0 aromatic carbocycles. The van der Waals surface area contributed by atoms with Crippen molar-refractivity contribution in [3.05, 3.63) is 55.0 Å². The molecule has 0 amide bonds. The van der Waals surface area contributed by atoms with Crippen molar-refractivity contribution in [2.24, 2.45) is 0 Å². The Kier molecular flexibility index (Phi) is 3.64. The predicted molar refractivity (Wildman–Crippen MR) is 103 cm³/mol. The lowest BCUT2D eigenvalue weighted by atomic mass is 10.2. The summed E-state index contributed by atoms with van der Waals surface area (Å²) in [5.41, 5.74) is 5.68. The minimum atomic E-state index is 0.623. The molecule has 0 atom stereocenters. The number of imidazole rings is 2. The zero-order valence-corrected chi connectivity index (χ0v) is 15.2. The molecule has 0 aliphatic rings. The van der Waals surface area contributed by atoms with Crippen molar-refractivity contribution in [2.45, 2.75) is 6.92 Å². The molecule has 2 N–H and O–H groups in total. The molecule has 0 aliphatic carbocycles. The van der Waals surface area contributed by atoms with Gasteiger partial charge in [-0.25, -0.2) is 15.0 Å². The molecule has 9 heteroatoms. The molecule has 5 aromatic heterocycles. The fourth-order valence-electron chi connectivity index (χ4n) is 3.06. The number of fused-ring (bicyclic) bond motifs is 1. The predicted octanol–water partition coefficient (Wildman–Crippen LogP) is 2.91. The van der Waals surface area contributed by atoms with Crippen LogP contribution in [-0.2, 0) is 0 Å². The van der Waals surface area contributed by atoms with Crippen LogP contribution >= 0.6 is 0 Å². The summed E-state index contributed by atoms with van der Waals surface area (Å²) in [5, 5.41) is 7.40. The van der Waals surface area contributed by atoms with Gasteiger partial charge in [-0.1, -0.05) is 0 Å². The monoisotopic (exact) mass is 372 g/mol. The number of hydrogen-bond donors (Lipinski definition) is 2. The molecule has 0 unspecified atom stereocenters. The van der Waals surface area contributed by atoms with Crippen molar-refractivity contribution in [1.82, 2.24) is 39.7 Å². The lowest BCUT2D eigenvalue weighted by molar-refractivity contribution is 0.413. The third-order valence-corrected chi connectivity index (χ3v) is 4.44. The second kappa shape index (κ2) is 6.31. The first-order valence-electron chi connectivity index (χ1n) is 8.62. The minimum absolute atomic E-state index is 0.623. The highest BCUT2D eigenvalue weighted by Crippen LogP contribution is 2.26. The molecular formula is C19H16N8O. The number of methoxy groups -OCH3 is 1. The van der Waals surface area contributed by atoms with E-state index in [2.05, 4.69) is 35.1 Å². The number of nitrogens with zero attached hydrogens (tertiary/aromatic N) is 6. The first kappa shape index (κ1) is 16.2. The summed E-state index contributed by atoms with van der Waals surface area (Å²) in [7, 11) is 1.61. The third-order valence-electron chi connectivity index (χ3n) is 4.44. The first-order valence-corrected chi connectivity index (χ1v) is 8.62. The number of hydrogen-bond acceptors (Lipinski definition) is 6. The van der Waals surface area contributed by atoms with E-state index in [-0.39, 0.29) is 0 Å². The molecule has 5 aromatic rings. The van der Waals surface area contributed by atoms with Crippen LogP contribution in [0, 0.1) is 6.92 Å². The zero-order chi connectivity index (χ0) is 19.1. The van der Waals surface area contributed by atoms with E-state index in [1.165, 1.54) is 0 Å². The minimum Gasteiger partial charge on any atom is -0.495 e. The normalized spacial score (nSPS) is 11.2. The van der Waals surface area contributed by atoms with Crippen LogP contribution in [0.15, 0.2) is 49.3 Å². The SMILES string of the molecule is COc1cncc(-c2cc(-c3nc4nccc(-n5cnc(C)c5)c4[nH]3)[nH]n2)c1. The maximum absolute atomic E-state index is 5.23. The van der Waals surface area contributed by atoms with Crippen LogP contribution in [0.2, 0.25) is 0 Å². The van der Waals surface area contributed by atoms with E-state index in [0.717, 1.165) is 33.8 Å². The van der Waals surface area contributed by atoms with E-state index in [0.29, 0.717) is 17.2 Å². The van der Waals surface area contributed by atoms with Gasteiger partial charge in [-0.15, -0.1) is 0 Å². The molecule has 0 spiro atoms. The average Bonchev–Trinajstić information content (AvgIpc) is 3.46. The quantitative estimate of drug-likeness (QED) is 0.502. The lowest BCUT2D eigenvalue weighted by Gasteiger charge is -2.01. The van der Waals surface area contributed by atoms with Gasteiger partial charge in [0, 0.05) is 24.2 Å². The highest BCUT2D eigenvalue weighted by Gasteiger charge is 2.14. The second-order valence-corrected chi connectivity index (χ2v) is 6.32. The van der Waals surface area contributed by atoms with Crippen LogP contribution in [0.25, 0.3) is 39.6 Å². The van der Waals surface area contributed by atoms with Crippen molar-refractivity contribution in [2.75, 3.05) is 7.11 Å². The van der Waals surface area contributed by atoms with Gasteiger partial charge in [0.15, 0.2) is 11.5 Å². The number of aryl methyl sites for hydroxylation is 1. The molecule has 5 heterocycles. The van der Waals surface area contributed by atoms with Gasteiger partial charge in [0.1, 0.15) is 17.0 Å². The van der Waals surface area contributed by atoms with Crippen LogP contribution in [0.5, 0.6) is 5.75 Å². The summed E-state index contributed by atoms with van der Waals surface area (Å²) >= 11 is 0. The van der Waals surface area contributed by atoms with Crippen LogP contribution in [0.3, 0.4) is 0 Å². The Hall–Kier alpha value is -4.01. The number of ether oxygens (including phenoxy) is 1. The molecule has 0 saturated heterocycles. The molecule has 28 heavy (non-hydrogen) atoms. The van der Waals surface area contributed by atoms with Gasteiger partial charge < -0.3 is 14.3 Å². The summed E-state index contributed by atoms with van der Waals surface area (Å²) in [6.45, 7) is 1.95. The van der Waals surface area contributed by atoms with Crippen molar-refractivity contribution in [1.29, 1.82) is 0 Å². The number of rotatable bonds is 4. The smallest absolute Gasteiger partial charge is 0.180 e. The van der Waals surface area contributed by atoms with Gasteiger partial charge in [0.25, 0.3) is 0 Å². The van der Waals surface area contributed by atoms with E-state index in [1.54, 1.807) is 32.0 Å². The summed E-state index contributed by atoms with van der Waals surface area (Å²) in [5.74, 6) is 1.33. The van der Waals surface area contributed by atoms with E-state index in [1.807, 2.05) is 35.9 Å². The molecule has 0 bridgehead atoms. The number of H-pyrrole nitrogens is 2. The molecular weight excluding hydrogens is 356 g/mol. The number of pyridine rings is 2. The standard InChI is InChI=1S/C19H16N8O/c1-11-9-27(10-22-11)16-3-4-21-19-17(16)23-18(24-19)15-6-14(25-26-15)12-5-13(28-2)8-20-7-12/h3-10H,1-2H3,(H,25,26)(H,21,23,24). The Morgan fingerprint density at radius 2 is 2.07 bits per heavy atom. The Morgan fingerprint density at radius 3 is 2.89 bits per heavy atom. The summed E-state index contributed by atoms with van der Waals surface area (Å²) in [6.07, 6.45) is 8.86. The van der Waals surface area contributed by atoms with Crippen molar-refractivity contribution < 1.29 is 4.74 Å². The van der Waals surface area contributed by atoms with Crippen LogP contribution in [0.4, 0.5) is 0 Å². The number of nitrogens with one attached hydrogen (secondary N) is 2. The van der Waals surface area contributed by atoms with Crippen molar-refractivity contribution >= 4 is 11.2 Å². The molecule has 0 saturated carbocycles. The molecule has 138 valence electrons. The van der Waals surface area contributed by atoms with E-state index in [4.69, 9.17) is 4.74 Å². The summed E-state index contributed by atoms with van der Waals surface area (Å²) < 4.78 is 7.18. The van der Waals surface area contributed by atoms with Gasteiger partial charge in [-0.2, -0.15) is 5.10 Å². The summed E-state index contributed by atoms with van der Waals surface area (Å²) in [6, 6.07) is 5.72. The number of aromatic amines is 2. The fourth-order valence-corrected chi connectivity index (χ4v) is 3.06. The average molecular weight is 372 g/mol. The molecule has 0 fully saturated rings. The van der Waals surface area contributed by atoms with Crippen LogP contribution < -0.4 is 4.74 Å². The Labute approximate surface area is 159 Å². The highest BCUT2D eigenvalue weighted by atomic mass is 16.5. The van der Waals surface area contributed by atoms with Crippen LogP contribution in [-0.4, -0.2) is 46.8 Å². The van der Waals surface area contributed by atoms with Crippen LogP contribution in [0.1, 0.15) is 5.69 Å². The fraction of sp³-hybridized carbons (Fsp3) is 0.105. The Morgan fingerprint density at radius 1 is 1.14 bits per heavy atom. The van der Waals surface area contributed by atoms with Gasteiger partial charge in [0.2, 0.25) is 0 Å². The van der Waals surface area contributed by atoms with E-state index < -0.39 is 0 Å². The highest BCUT2D eigenvalue weighted by molar-refractivity contribution is 5.83. The van der Waals surface area contributed by atoms with Crippen molar-refractivity contribution in [3.8, 4) is 34.2 Å². The summed E-state index contributed by atoms with van der Waals surface area (Å²) in [4.78, 5) is 20.8. The maximum atomic E-state index is 5.23. The van der Waals surface area contributed by atoms with Gasteiger partial charge >= 0.3 is 0 Å². The zero-order valence-electron chi connectivity index (χ0n) is 15.2. The molecule has 0 aliphatic heterocycles. The number of aromatic nitrogens is 8. The van der Waals surface area contributed by atoms with Gasteiger partial charge in [-0.05, 0) is 25.1 Å². The molecule has 0 radical (unpaired) electrons. The van der Waals surface area contributed by atoms with Crippen molar-refractivity contribution in [3.63, 3.8) is 0 Å². The molecule has 9 nitrogen and oxygen atoms in total. The molecule has 5 rings (SSSR count). The topological polar surface area (TPSA) is 110 Å². The second-order valence-electron chi connectivity index (χ2n) is 6.32. The van der Waals surface area contributed by atoms with Gasteiger partial charge in [-0.3, -0.25) is 10.1 Å². The Bertz CT molecular complexity index is 1280. The van der Waals surface area contributed by atoms with Gasteiger partial charge in [0.05, 0.1) is 36.7 Å². The Balaban J connectivity index is 1.56. The largest absolute Gasteiger partial charge is 0.495 e. The van der Waals surface area contributed by atoms with E-state index in [9.17, 15) is 0 Å². The third kappa shape index (κ3) is 2.69. The lowest BCUT2D eigenvalue weighted by Crippen LogP contribution is -1.92.